The van der Waals surface area contributed by atoms with Crippen LogP contribution in [0.25, 0.3) is 0 Å². The molecule has 2 rings (SSSR count). The lowest BCUT2D eigenvalue weighted by atomic mass is 10.3. The summed E-state index contributed by atoms with van der Waals surface area (Å²) >= 11 is 9.17. The number of H-pyrrole nitrogens is 1. The van der Waals surface area contributed by atoms with E-state index in [2.05, 4.69) is 31.2 Å². The molecule has 0 aliphatic rings. The van der Waals surface area contributed by atoms with Crippen molar-refractivity contribution in [2.75, 3.05) is 5.32 Å². The van der Waals surface area contributed by atoms with Crippen molar-refractivity contribution < 1.29 is 4.39 Å². The molecule has 1 aromatic carbocycles. The molecule has 0 amide bonds. The number of halogens is 3. The van der Waals surface area contributed by atoms with Gasteiger partial charge in [-0.05, 0) is 28.1 Å². The van der Waals surface area contributed by atoms with Gasteiger partial charge in [0.05, 0.1) is 29.3 Å². The van der Waals surface area contributed by atoms with E-state index in [0.29, 0.717) is 21.7 Å². The lowest BCUT2D eigenvalue weighted by molar-refractivity contribution is 0.627. The molecule has 0 saturated heterocycles. The molecule has 1 heterocycles. The molecule has 0 aliphatic carbocycles. The molecular formula is C10H8BrClFN3. The molecule has 2 N–H and O–H groups in total. The highest BCUT2D eigenvalue weighted by Crippen LogP contribution is 2.31. The van der Waals surface area contributed by atoms with Gasteiger partial charge in [0, 0.05) is 10.7 Å². The molecule has 0 atom stereocenters. The van der Waals surface area contributed by atoms with Crippen molar-refractivity contribution in [2.24, 2.45) is 0 Å². The third-order valence-corrected chi connectivity index (χ3v) is 2.94. The topological polar surface area (TPSA) is 40.7 Å². The van der Waals surface area contributed by atoms with E-state index in [1.54, 1.807) is 12.5 Å². The van der Waals surface area contributed by atoms with Crippen LogP contribution in [-0.4, -0.2) is 9.97 Å². The molecule has 3 nitrogen and oxygen atoms in total. The highest BCUT2D eigenvalue weighted by atomic mass is 79.9. The molecule has 0 fully saturated rings. The highest BCUT2D eigenvalue weighted by molar-refractivity contribution is 9.10. The van der Waals surface area contributed by atoms with Gasteiger partial charge in [0.2, 0.25) is 0 Å². The van der Waals surface area contributed by atoms with Crippen LogP contribution < -0.4 is 5.32 Å². The fraction of sp³-hybridized carbons (Fsp3) is 0.100. The van der Waals surface area contributed by atoms with E-state index in [9.17, 15) is 4.39 Å². The molecule has 16 heavy (non-hydrogen) atoms. The Balaban J connectivity index is 2.15. The summed E-state index contributed by atoms with van der Waals surface area (Å²) in [5, 5.41) is 3.43. The maximum atomic E-state index is 13.0. The molecule has 0 spiro atoms. The van der Waals surface area contributed by atoms with Crippen molar-refractivity contribution >= 4 is 33.2 Å². The van der Waals surface area contributed by atoms with E-state index in [1.807, 2.05) is 0 Å². The van der Waals surface area contributed by atoms with Crippen LogP contribution in [0.2, 0.25) is 5.02 Å². The number of imidazole rings is 1. The van der Waals surface area contributed by atoms with E-state index in [1.165, 1.54) is 12.1 Å². The summed E-state index contributed by atoms with van der Waals surface area (Å²) in [5.41, 5.74) is 1.59. The van der Waals surface area contributed by atoms with Crippen molar-refractivity contribution in [1.82, 2.24) is 9.97 Å². The van der Waals surface area contributed by atoms with Crippen LogP contribution in [-0.2, 0) is 6.54 Å². The van der Waals surface area contributed by atoms with Gasteiger partial charge in [0.25, 0.3) is 0 Å². The van der Waals surface area contributed by atoms with E-state index in [4.69, 9.17) is 11.6 Å². The van der Waals surface area contributed by atoms with Gasteiger partial charge < -0.3 is 10.3 Å². The van der Waals surface area contributed by atoms with Crippen molar-refractivity contribution in [3.63, 3.8) is 0 Å². The molecule has 0 radical (unpaired) electrons. The van der Waals surface area contributed by atoms with Gasteiger partial charge in [-0.3, -0.25) is 0 Å². The first-order chi connectivity index (χ1) is 7.66. The average molecular weight is 305 g/mol. The van der Waals surface area contributed by atoms with Gasteiger partial charge in [0.15, 0.2) is 0 Å². The fourth-order valence-electron chi connectivity index (χ4n) is 1.28. The summed E-state index contributed by atoms with van der Waals surface area (Å²) in [5.74, 6) is -0.371. The monoisotopic (exact) mass is 303 g/mol. The molecule has 0 saturated carbocycles. The number of benzene rings is 1. The Bertz CT molecular complexity index is 464. The second kappa shape index (κ2) is 4.84. The van der Waals surface area contributed by atoms with Gasteiger partial charge in [0.1, 0.15) is 5.82 Å². The smallest absolute Gasteiger partial charge is 0.125 e. The van der Waals surface area contributed by atoms with Crippen LogP contribution in [0.15, 0.2) is 29.1 Å². The zero-order valence-corrected chi connectivity index (χ0v) is 10.4. The lowest BCUT2D eigenvalue weighted by Gasteiger charge is -2.09. The maximum Gasteiger partial charge on any atom is 0.125 e. The first-order valence-electron chi connectivity index (χ1n) is 4.52. The molecule has 2 aromatic rings. The molecule has 84 valence electrons. The zero-order valence-electron chi connectivity index (χ0n) is 8.10. The number of nitrogens with one attached hydrogen (secondary N) is 2. The van der Waals surface area contributed by atoms with Crippen LogP contribution >= 0.6 is 27.5 Å². The Kier molecular flexibility index (Phi) is 3.46. The van der Waals surface area contributed by atoms with E-state index < -0.39 is 0 Å². The molecule has 0 aliphatic heterocycles. The number of anilines is 1. The van der Waals surface area contributed by atoms with Crippen molar-refractivity contribution in [1.29, 1.82) is 0 Å². The van der Waals surface area contributed by atoms with Crippen LogP contribution in [0, 0.1) is 5.82 Å². The standard InChI is InChI=1S/C10H8BrClFN3/c11-8-1-6(13)2-9(12)10(8)15-4-7-3-14-5-16-7/h1-3,5,15H,4H2,(H,14,16). The van der Waals surface area contributed by atoms with E-state index in [0.717, 1.165) is 5.69 Å². The minimum atomic E-state index is -0.371. The average Bonchev–Trinajstić information content (AvgIpc) is 2.68. The number of rotatable bonds is 3. The maximum absolute atomic E-state index is 13.0. The summed E-state index contributed by atoms with van der Waals surface area (Å²) in [6.07, 6.45) is 3.30. The summed E-state index contributed by atoms with van der Waals surface area (Å²) < 4.78 is 13.6. The Morgan fingerprint density at radius 2 is 2.31 bits per heavy atom. The van der Waals surface area contributed by atoms with E-state index in [-0.39, 0.29) is 5.82 Å². The molecule has 0 unspecified atom stereocenters. The lowest BCUT2D eigenvalue weighted by Crippen LogP contribution is -2.01. The minimum absolute atomic E-state index is 0.339. The van der Waals surface area contributed by atoms with Crippen LogP contribution in [0.4, 0.5) is 10.1 Å². The van der Waals surface area contributed by atoms with Crippen LogP contribution in [0.1, 0.15) is 5.69 Å². The van der Waals surface area contributed by atoms with Gasteiger partial charge in [-0.25, -0.2) is 9.37 Å². The normalized spacial score (nSPS) is 10.4. The van der Waals surface area contributed by atoms with Crippen molar-refractivity contribution in [2.45, 2.75) is 6.54 Å². The summed E-state index contributed by atoms with van der Waals surface area (Å²) in [6, 6.07) is 2.63. The highest BCUT2D eigenvalue weighted by Gasteiger charge is 2.07. The summed E-state index contributed by atoms with van der Waals surface area (Å²) in [7, 11) is 0. The predicted molar refractivity (Wildman–Crippen MR) is 65.0 cm³/mol. The third-order valence-electron chi connectivity index (χ3n) is 2.02. The third kappa shape index (κ3) is 2.54. The number of aromatic amines is 1. The predicted octanol–water partition coefficient (Wildman–Crippen LogP) is 3.58. The molecule has 1 aromatic heterocycles. The molecule has 6 heteroatoms. The Hall–Kier alpha value is -1.07. The first kappa shape index (κ1) is 11.4. The largest absolute Gasteiger partial charge is 0.377 e. The van der Waals surface area contributed by atoms with Gasteiger partial charge in [-0.15, -0.1) is 0 Å². The zero-order chi connectivity index (χ0) is 11.5. The van der Waals surface area contributed by atoms with Gasteiger partial charge >= 0.3 is 0 Å². The SMILES string of the molecule is Fc1cc(Cl)c(NCc2cnc[nH]2)c(Br)c1. The number of hydrogen-bond acceptors (Lipinski definition) is 2. The Morgan fingerprint density at radius 3 is 2.94 bits per heavy atom. The fourth-order valence-corrected chi connectivity index (χ4v) is 2.24. The van der Waals surface area contributed by atoms with Crippen molar-refractivity contribution in [3.8, 4) is 0 Å². The number of hydrogen-bond donors (Lipinski definition) is 2. The molecule has 0 bridgehead atoms. The quantitative estimate of drug-likeness (QED) is 0.910. The minimum Gasteiger partial charge on any atom is -0.377 e. The van der Waals surface area contributed by atoms with Gasteiger partial charge in [-0.2, -0.15) is 0 Å². The number of aromatic nitrogens is 2. The van der Waals surface area contributed by atoms with Crippen molar-refractivity contribution in [3.05, 3.63) is 45.7 Å². The van der Waals surface area contributed by atoms with E-state index >= 15 is 0 Å². The summed E-state index contributed by atoms with van der Waals surface area (Å²) in [6.45, 7) is 0.546. The second-order valence-corrected chi connectivity index (χ2v) is 4.44. The Morgan fingerprint density at radius 1 is 1.50 bits per heavy atom. The Labute approximate surface area is 105 Å². The summed E-state index contributed by atoms with van der Waals surface area (Å²) in [4.78, 5) is 6.84. The van der Waals surface area contributed by atoms with Crippen LogP contribution in [0.3, 0.4) is 0 Å². The first-order valence-corrected chi connectivity index (χ1v) is 5.69. The van der Waals surface area contributed by atoms with Gasteiger partial charge in [-0.1, -0.05) is 11.6 Å². The number of nitrogens with zero attached hydrogens (tertiary/aromatic N) is 1. The second-order valence-electron chi connectivity index (χ2n) is 3.17. The molecular weight excluding hydrogens is 296 g/mol. The van der Waals surface area contributed by atoms with Crippen LogP contribution in [0.5, 0.6) is 0 Å².